The molecule has 6 heteroatoms. The molecule has 0 aliphatic carbocycles. The molecule has 0 saturated heterocycles. The topological polar surface area (TPSA) is 59.5 Å². The van der Waals surface area contributed by atoms with Crippen molar-refractivity contribution in [3.8, 4) is 11.1 Å². The van der Waals surface area contributed by atoms with Gasteiger partial charge in [0, 0.05) is 27.9 Å². The summed E-state index contributed by atoms with van der Waals surface area (Å²) in [6.45, 7) is 4.61. The van der Waals surface area contributed by atoms with Gasteiger partial charge in [0.05, 0.1) is 19.3 Å². The molecule has 1 amide bonds. The van der Waals surface area contributed by atoms with E-state index in [9.17, 15) is 9.59 Å². The number of amides is 1. The van der Waals surface area contributed by atoms with Gasteiger partial charge in [0.15, 0.2) is 5.78 Å². The first kappa shape index (κ1) is 17.7. The van der Waals surface area contributed by atoms with Crippen LogP contribution < -0.4 is 0 Å². The quantitative estimate of drug-likeness (QED) is 0.610. The van der Waals surface area contributed by atoms with E-state index in [0.717, 1.165) is 38.3 Å². The van der Waals surface area contributed by atoms with Crippen molar-refractivity contribution in [1.82, 2.24) is 9.88 Å². The third kappa shape index (κ3) is 2.90. The second-order valence-corrected chi connectivity index (χ2v) is 7.78. The van der Waals surface area contributed by atoms with Gasteiger partial charge in [-0.2, -0.15) is 0 Å². The molecule has 1 aliphatic rings. The average molecular weight is 380 g/mol. The number of Topliss-reactive ketones (excluding diaryl/α,β-unsaturated/α-hetero) is 1. The number of ether oxygens (including phenoxy) is 1. The van der Waals surface area contributed by atoms with Crippen LogP contribution in [-0.4, -0.2) is 35.4 Å². The van der Waals surface area contributed by atoms with Crippen LogP contribution in [0.1, 0.15) is 33.4 Å². The summed E-state index contributed by atoms with van der Waals surface area (Å²) in [5, 5.41) is 1.06. The summed E-state index contributed by atoms with van der Waals surface area (Å²) >= 11 is 1.60. The van der Waals surface area contributed by atoms with Crippen molar-refractivity contribution >= 4 is 33.4 Å². The molecule has 0 saturated carbocycles. The van der Waals surface area contributed by atoms with Crippen molar-refractivity contribution in [2.24, 2.45) is 0 Å². The molecule has 0 atom stereocenters. The Morgan fingerprint density at radius 3 is 2.63 bits per heavy atom. The first-order valence-electron chi connectivity index (χ1n) is 8.85. The Balaban J connectivity index is 1.99. The highest BCUT2D eigenvalue weighted by molar-refractivity contribution is 7.19. The molecule has 1 aromatic carbocycles. The third-order valence-electron chi connectivity index (χ3n) is 5.02. The molecular weight excluding hydrogens is 360 g/mol. The molecule has 0 radical (unpaired) electrons. The maximum atomic E-state index is 12.5. The number of pyridine rings is 1. The van der Waals surface area contributed by atoms with Gasteiger partial charge in [0.1, 0.15) is 4.83 Å². The molecule has 2 aromatic heterocycles. The van der Waals surface area contributed by atoms with Crippen molar-refractivity contribution in [3.63, 3.8) is 0 Å². The number of benzene rings is 1. The smallest absolute Gasteiger partial charge is 0.409 e. The van der Waals surface area contributed by atoms with Crippen LogP contribution in [0.4, 0.5) is 4.79 Å². The van der Waals surface area contributed by atoms with Crippen LogP contribution in [0.5, 0.6) is 0 Å². The summed E-state index contributed by atoms with van der Waals surface area (Å²) in [7, 11) is 1.40. The van der Waals surface area contributed by atoms with E-state index in [1.165, 1.54) is 12.7 Å². The Hall–Kier alpha value is -2.73. The monoisotopic (exact) mass is 380 g/mol. The van der Waals surface area contributed by atoms with E-state index in [0.29, 0.717) is 18.7 Å². The molecule has 0 fully saturated rings. The minimum atomic E-state index is -0.310. The van der Waals surface area contributed by atoms with E-state index in [2.05, 4.69) is 0 Å². The zero-order chi connectivity index (χ0) is 19.1. The predicted octanol–water partition coefficient (Wildman–Crippen LogP) is 4.60. The molecule has 3 heterocycles. The molecule has 0 bridgehead atoms. The first-order valence-corrected chi connectivity index (χ1v) is 9.67. The van der Waals surface area contributed by atoms with Crippen LogP contribution in [0.25, 0.3) is 21.3 Å². The molecule has 1 aliphatic heterocycles. The number of nitrogens with zero attached hydrogens (tertiary/aromatic N) is 2. The van der Waals surface area contributed by atoms with Crippen molar-refractivity contribution in [1.29, 1.82) is 0 Å². The Morgan fingerprint density at radius 1 is 1.22 bits per heavy atom. The number of thiophene rings is 1. The van der Waals surface area contributed by atoms with Crippen LogP contribution >= 0.6 is 11.3 Å². The summed E-state index contributed by atoms with van der Waals surface area (Å²) in [6.07, 6.45) is 0.418. The van der Waals surface area contributed by atoms with Crippen molar-refractivity contribution in [3.05, 3.63) is 52.0 Å². The summed E-state index contributed by atoms with van der Waals surface area (Å²) < 4.78 is 4.87. The Bertz CT molecular complexity index is 1060. The predicted molar refractivity (Wildman–Crippen MR) is 106 cm³/mol. The lowest BCUT2D eigenvalue weighted by Crippen LogP contribution is -2.35. The number of hydrogen-bond donors (Lipinski definition) is 0. The van der Waals surface area contributed by atoms with E-state index >= 15 is 0 Å². The lowest BCUT2D eigenvalue weighted by Gasteiger charge is -2.25. The van der Waals surface area contributed by atoms with Gasteiger partial charge < -0.3 is 9.64 Å². The highest BCUT2D eigenvalue weighted by atomic mass is 32.1. The number of aryl methyl sites for hydroxylation is 1. The highest BCUT2D eigenvalue weighted by Gasteiger charge is 2.28. The fourth-order valence-corrected chi connectivity index (χ4v) is 5.14. The number of hydrogen-bond acceptors (Lipinski definition) is 5. The van der Waals surface area contributed by atoms with E-state index < -0.39 is 0 Å². The van der Waals surface area contributed by atoms with Crippen LogP contribution in [0.3, 0.4) is 0 Å². The Labute approximate surface area is 161 Å². The number of fused-ring (bicyclic) bond motifs is 3. The molecular formula is C21H20N2O3S. The van der Waals surface area contributed by atoms with Gasteiger partial charge in [-0.05, 0) is 31.4 Å². The van der Waals surface area contributed by atoms with Crippen LogP contribution in [0.2, 0.25) is 0 Å². The first-order chi connectivity index (χ1) is 13.0. The zero-order valence-corrected chi connectivity index (χ0v) is 16.4. The van der Waals surface area contributed by atoms with Gasteiger partial charge in [0.2, 0.25) is 0 Å². The second-order valence-electron chi connectivity index (χ2n) is 6.69. The molecule has 0 spiro atoms. The van der Waals surface area contributed by atoms with Crippen LogP contribution in [0, 0.1) is 6.92 Å². The number of rotatable bonds is 2. The second kappa shape index (κ2) is 6.78. The van der Waals surface area contributed by atoms with Crippen LogP contribution in [0.15, 0.2) is 30.3 Å². The van der Waals surface area contributed by atoms with E-state index in [1.54, 1.807) is 23.2 Å². The number of methoxy groups -OCH3 is 1. The summed E-state index contributed by atoms with van der Waals surface area (Å²) in [6, 6.07) is 10.0. The summed E-state index contributed by atoms with van der Waals surface area (Å²) in [5.74, 6) is 0.0210. The van der Waals surface area contributed by atoms with Crippen molar-refractivity contribution in [2.75, 3.05) is 13.7 Å². The highest BCUT2D eigenvalue weighted by Crippen LogP contribution is 2.42. The van der Waals surface area contributed by atoms with E-state index in [-0.39, 0.29) is 11.9 Å². The average Bonchev–Trinajstić information content (AvgIpc) is 3.03. The molecule has 138 valence electrons. The van der Waals surface area contributed by atoms with Gasteiger partial charge in [0.25, 0.3) is 0 Å². The molecule has 27 heavy (non-hydrogen) atoms. The lowest BCUT2D eigenvalue weighted by atomic mass is 9.91. The maximum Gasteiger partial charge on any atom is 0.409 e. The largest absolute Gasteiger partial charge is 0.453 e. The zero-order valence-electron chi connectivity index (χ0n) is 15.5. The normalized spacial score (nSPS) is 13.5. The number of carbonyl (C=O) groups excluding carboxylic acids is 2. The van der Waals surface area contributed by atoms with Gasteiger partial charge in [-0.25, -0.2) is 9.78 Å². The van der Waals surface area contributed by atoms with Gasteiger partial charge >= 0.3 is 6.09 Å². The van der Waals surface area contributed by atoms with Gasteiger partial charge in [-0.1, -0.05) is 30.3 Å². The van der Waals surface area contributed by atoms with E-state index in [4.69, 9.17) is 9.72 Å². The van der Waals surface area contributed by atoms with Crippen molar-refractivity contribution in [2.45, 2.75) is 26.8 Å². The maximum absolute atomic E-state index is 12.5. The lowest BCUT2D eigenvalue weighted by molar-refractivity contribution is 0.101. The molecule has 0 N–H and O–H groups in total. The molecule has 3 aromatic rings. The summed E-state index contributed by atoms with van der Waals surface area (Å²) in [5.41, 5.74) is 4.62. The Morgan fingerprint density at radius 2 is 1.96 bits per heavy atom. The molecule has 4 rings (SSSR count). The minimum absolute atomic E-state index is 0.0210. The standard InChI is InChI=1S/C21H20N2O3S/c1-12-17(13(2)24)18(14-7-5-4-6-8-14)19-15-9-10-23(21(25)26-3)11-16(15)27-20(19)22-12/h4-8H,9-11H2,1-3H3. The van der Waals surface area contributed by atoms with Crippen molar-refractivity contribution < 1.29 is 14.3 Å². The van der Waals surface area contributed by atoms with Gasteiger partial charge in [-0.15, -0.1) is 11.3 Å². The van der Waals surface area contributed by atoms with Gasteiger partial charge in [-0.3, -0.25) is 4.79 Å². The number of aromatic nitrogens is 1. The number of ketones is 1. The molecule has 0 unspecified atom stereocenters. The minimum Gasteiger partial charge on any atom is -0.453 e. The fraction of sp³-hybridized carbons (Fsp3) is 0.286. The fourth-order valence-electron chi connectivity index (χ4n) is 3.85. The summed E-state index contributed by atoms with van der Waals surface area (Å²) in [4.78, 5) is 32.9. The number of carbonyl (C=O) groups is 2. The van der Waals surface area contributed by atoms with E-state index in [1.807, 2.05) is 37.3 Å². The SMILES string of the molecule is COC(=O)N1CCc2c(sc3nc(C)c(C(C)=O)c(-c4ccccc4)c23)C1. The van der Waals surface area contributed by atoms with Crippen LogP contribution in [-0.2, 0) is 17.7 Å². The third-order valence-corrected chi connectivity index (χ3v) is 6.13. The Kier molecular flexibility index (Phi) is 4.44. The molecule has 5 nitrogen and oxygen atoms in total.